The molecule has 0 aliphatic heterocycles. The van der Waals surface area contributed by atoms with Gasteiger partial charge in [-0.05, 0) is 54.1 Å². The minimum absolute atomic E-state index is 0.130. The molecule has 0 radical (unpaired) electrons. The van der Waals surface area contributed by atoms with Crippen molar-refractivity contribution in [2.24, 2.45) is 0 Å². The smallest absolute Gasteiger partial charge is 0.256 e. The summed E-state index contributed by atoms with van der Waals surface area (Å²) in [6, 6.07) is 12.8. The van der Waals surface area contributed by atoms with Gasteiger partial charge in [0.1, 0.15) is 5.75 Å². The van der Waals surface area contributed by atoms with Gasteiger partial charge in [0, 0.05) is 21.5 Å². The maximum atomic E-state index is 12.2. The fraction of sp³-hybridized carbons (Fsp3) is 0.0625. The van der Waals surface area contributed by atoms with Gasteiger partial charge in [-0.15, -0.1) is 11.3 Å². The Hall–Kier alpha value is -2.33. The van der Waals surface area contributed by atoms with Crippen molar-refractivity contribution in [2.45, 2.75) is 6.92 Å². The highest BCUT2D eigenvalue weighted by molar-refractivity contribution is 7.17. The first-order valence-electron chi connectivity index (χ1n) is 6.22. The summed E-state index contributed by atoms with van der Waals surface area (Å²) in [5, 5.41) is 15.6. The van der Waals surface area contributed by atoms with Crippen LogP contribution in [0.4, 0.5) is 5.69 Å². The van der Waals surface area contributed by atoms with Gasteiger partial charge in [0.25, 0.3) is 5.91 Å². The van der Waals surface area contributed by atoms with E-state index in [0.717, 1.165) is 11.1 Å². The number of carbonyl (C=O) groups excluding carboxylic acids is 1. The summed E-state index contributed by atoms with van der Waals surface area (Å²) in [7, 11) is 0. The lowest BCUT2D eigenvalue weighted by atomic mass is 10.1. The molecule has 0 atom stereocenters. The Balaban J connectivity index is 1.90. The Bertz CT molecular complexity index is 792. The number of rotatable bonds is 2. The highest BCUT2D eigenvalue weighted by Gasteiger charge is 2.11. The Kier molecular flexibility index (Phi) is 3.16. The van der Waals surface area contributed by atoms with E-state index in [1.165, 1.54) is 4.70 Å². The van der Waals surface area contributed by atoms with Crippen molar-refractivity contribution in [2.75, 3.05) is 5.32 Å². The minimum atomic E-state index is -0.215. The molecule has 3 aromatic rings. The van der Waals surface area contributed by atoms with Crippen molar-refractivity contribution >= 4 is 33.0 Å². The average molecular weight is 283 g/mol. The first kappa shape index (κ1) is 12.7. The summed E-state index contributed by atoms with van der Waals surface area (Å²) in [5.74, 6) is -0.0843. The van der Waals surface area contributed by atoms with Crippen LogP contribution >= 0.6 is 11.3 Å². The van der Waals surface area contributed by atoms with Crippen LogP contribution in [0.5, 0.6) is 5.75 Å². The number of fused-ring (bicyclic) bond motifs is 1. The zero-order chi connectivity index (χ0) is 14.1. The third-order valence-electron chi connectivity index (χ3n) is 3.26. The fourth-order valence-corrected chi connectivity index (χ4v) is 2.88. The van der Waals surface area contributed by atoms with E-state index in [0.29, 0.717) is 11.1 Å². The number of phenols is 1. The van der Waals surface area contributed by atoms with Crippen LogP contribution in [-0.4, -0.2) is 11.0 Å². The molecule has 0 spiro atoms. The molecule has 4 heteroatoms. The number of thiophene rings is 1. The molecule has 1 heterocycles. The number of benzene rings is 2. The molecule has 0 saturated carbocycles. The normalized spacial score (nSPS) is 10.7. The van der Waals surface area contributed by atoms with Crippen LogP contribution in [0.25, 0.3) is 10.1 Å². The molecule has 0 aliphatic carbocycles. The lowest BCUT2D eigenvalue weighted by Crippen LogP contribution is -2.13. The monoisotopic (exact) mass is 283 g/mol. The van der Waals surface area contributed by atoms with Crippen LogP contribution < -0.4 is 5.32 Å². The summed E-state index contributed by atoms with van der Waals surface area (Å²) in [5.41, 5.74) is 1.82. The molecule has 0 saturated heterocycles. The first-order chi connectivity index (χ1) is 9.65. The van der Waals surface area contributed by atoms with E-state index in [9.17, 15) is 9.90 Å². The summed E-state index contributed by atoms with van der Waals surface area (Å²) in [4.78, 5) is 12.2. The number of carbonyl (C=O) groups is 1. The van der Waals surface area contributed by atoms with Crippen molar-refractivity contribution in [3.63, 3.8) is 0 Å². The molecule has 100 valence electrons. The van der Waals surface area contributed by atoms with Crippen LogP contribution in [0.3, 0.4) is 0 Å². The van der Waals surface area contributed by atoms with Crippen LogP contribution in [0.15, 0.2) is 47.8 Å². The van der Waals surface area contributed by atoms with E-state index in [2.05, 4.69) is 5.32 Å². The number of amides is 1. The summed E-state index contributed by atoms with van der Waals surface area (Å²) in [6.07, 6.45) is 0. The molecule has 3 nitrogen and oxygen atoms in total. The molecule has 0 unspecified atom stereocenters. The Labute approximate surface area is 120 Å². The molecule has 3 rings (SSSR count). The molecule has 0 fully saturated rings. The Morgan fingerprint density at radius 3 is 2.90 bits per heavy atom. The van der Waals surface area contributed by atoms with Gasteiger partial charge >= 0.3 is 0 Å². The van der Waals surface area contributed by atoms with Crippen molar-refractivity contribution < 1.29 is 9.90 Å². The van der Waals surface area contributed by atoms with Gasteiger partial charge in [0.05, 0.1) is 0 Å². The van der Waals surface area contributed by atoms with Gasteiger partial charge in [0.2, 0.25) is 0 Å². The number of hydrogen-bond acceptors (Lipinski definition) is 3. The number of hydrogen-bond donors (Lipinski definition) is 2. The third kappa shape index (κ3) is 2.26. The fourth-order valence-electron chi connectivity index (χ4n) is 2.11. The van der Waals surface area contributed by atoms with Gasteiger partial charge in [-0.1, -0.05) is 6.07 Å². The third-order valence-corrected chi connectivity index (χ3v) is 4.16. The summed E-state index contributed by atoms with van der Waals surface area (Å²) in [6.45, 7) is 1.73. The Morgan fingerprint density at radius 2 is 2.05 bits per heavy atom. The standard InChI is InChI=1S/C16H13NO2S/c1-10-13(3-2-4-14(10)18)16(19)17-12-5-6-15-11(9-12)7-8-20-15/h2-9,18H,1H3,(H,17,19). The lowest BCUT2D eigenvalue weighted by Gasteiger charge is -2.09. The molecular weight excluding hydrogens is 270 g/mol. The maximum Gasteiger partial charge on any atom is 0.256 e. The molecule has 1 aromatic heterocycles. The molecule has 2 aromatic carbocycles. The van der Waals surface area contributed by atoms with Crippen LogP contribution in [-0.2, 0) is 0 Å². The van der Waals surface area contributed by atoms with E-state index in [4.69, 9.17) is 0 Å². The second-order valence-corrected chi connectivity index (χ2v) is 5.52. The highest BCUT2D eigenvalue weighted by atomic mass is 32.1. The van der Waals surface area contributed by atoms with E-state index >= 15 is 0 Å². The van der Waals surface area contributed by atoms with Gasteiger partial charge in [-0.25, -0.2) is 0 Å². The van der Waals surface area contributed by atoms with Gasteiger partial charge in [-0.2, -0.15) is 0 Å². The average Bonchev–Trinajstić information content (AvgIpc) is 2.89. The molecule has 0 aliphatic rings. The second-order valence-electron chi connectivity index (χ2n) is 4.58. The largest absolute Gasteiger partial charge is 0.508 e. The topological polar surface area (TPSA) is 49.3 Å². The van der Waals surface area contributed by atoms with Gasteiger partial charge in [-0.3, -0.25) is 4.79 Å². The first-order valence-corrected chi connectivity index (χ1v) is 7.10. The molecular formula is C16H13NO2S. The second kappa shape index (κ2) is 4.98. The van der Waals surface area contributed by atoms with Crippen molar-refractivity contribution in [3.8, 4) is 5.75 Å². The predicted octanol–water partition coefficient (Wildman–Crippen LogP) is 4.17. The SMILES string of the molecule is Cc1c(O)cccc1C(=O)Nc1ccc2sccc2c1. The van der Waals surface area contributed by atoms with Crippen LogP contribution in [0, 0.1) is 6.92 Å². The minimum Gasteiger partial charge on any atom is -0.508 e. The van der Waals surface area contributed by atoms with E-state index in [1.807, 2.05) is 29.6 Å². The molecule has 1 amide bonds. The quantitative estimate of drug-likeness (QED) is 0.741. The predicted molar refractivity (Wildman–Crippen MR) is 82.6 cm³/mol. The van der Waals surface area contributed by atoms with Gasteiger partial charge in [0.15, 0.2) is 0 Å². The van der Waals surface area contributed by atoms with Crippen LogP contribution in [0.2, 0.25) is 0 Å². The number of phenolic OH excluding ortho intramolecular Hbond substituents is 1. The molecule has 0 bridgehead atoms. The maximum absolute atomic E-state index is 12.2. The van der Waals surface area contributed by atoms with Gasteiger partial charge < -0.3 is 10.4 Å². The number of anilines is 1. The zero-order valence-corrected chi connectivity index (χ0v) is 11.7. The van der Waals surface area contributed by atoms with E-state index in [1.54, 1.807) is 36.5 Å². The molecule has 2 N–H and O–H groups in total. The number of nitrogens with one attached hydrogen (secondary N) is 1. The highest BCUT2D eigenvalue weighted by Crippen LogP contribution is 2.25. The summed E-state index contributed by atoms with van der Waals surface area (Å²) < 4.78 is 1.19. The van der Waals surface area contributed by atoms with Crippen molar-refractivity contribution in [3.05, 3.63) is 59.0 Å². The lowest BCUT2D eigenvalue weighted by molar-refractivity contribution is 0.102. The molecule has 20 heavy (non-hydrogen) atoms. The van der Waals surface area contributed by atoms with E-state index in [-0.39, 0.29) is 11.7 Å². The number of aromatic hydroxyl groups is 1. The van der Waals surface area contributed by atoms with E-state index < -0.39 is 0 Å². The van der Waals surface area contributed by atoms with Crippen LogP contribution in [0.1, 0.15) is 15.9 Å². The van der Waals surface area contributed by atoms with Crippen molar-refractivity contribution in [1.29, 1.82) is 0 Å². The summed E-state index contributed by atoms with van der Waals surface area (Å²) >= 11 is 1.67. The zero-order valence-electron chi connectivity index (χ0n) is 10.9. The van der Waals surface area contributed by atoms with Crippen molar-refractivity contribution in [1.82, 2.24) is 0 Å². The Morgan fingerprint density at radius 1 is 1.20 bits per heavy atom.